The molecule has 2 atom stereocenters. The summed E-state index contributed by atoms with van der Waals surface area (Å²) in [5.74, 6) is 5.32. The summed E-state index contributed by atoms with van der Waals surface area (Å²) in [7, 11) is 3.33. The number of nitrogens with zero attached hydrogens (tertiary/aromatic N) is 4. The fraction of sp³-hybridized carbons (Fsp3) is 0.250. The van der Waals surface area contributed by atoms with Crippen molar-refractivity contribution in [1.29, 1.82) is 0 Å². The number of amides is 1. The van der Waals surface area contributed by atoms with Crippen LogP contribution in [0.5, 0.6) is 11.6 Å². The molecule has 5 rings (SSSR count). The first-order valence-corrected chi connectivity index (χ1v) is 13.9. The molecule has 4 aromatic rings. The number of carbonyl (C=O) groups excluding carboxylic acids is 1. The minimum atomic E-state index is -5.08. The lowest BCUT2D eigenvalue weighted by Gasteiger charge is -2.15. The maximum absolute atomic E-state index is 11.8. The molecule has 11 nitrogen and oxygen atoms in total. The van der Waals surface area contributed by atoms with Crippen LogP contribution in [-0.2, 0) is 9.53 Å². The van der Waals surface area contributed by atoms with Crippen molar-refractivity contribution >= 4 is 56.7 Å². The van der Waals surface area contributed by atoms with Gasteiger partial charge in [-0.25, -0.2) is 24.5 Å². The third-order valence-electron chi connectivity index (χ3n) is 5.71. The van der Waals surface area contributed by atoms with Crippen molar-refractivity contribution in [2.75, 3.05) is 26.0 Å². The molecular weight excluding hydrogens is 625 g/mol. The lowest BCUT2D eigenvalue weighted by atomic mass is 10.2. The van der Waals surface area contributed by atoms with E-state index >= 15 is 0 Å². The number of rotatable bonds is 5. The zero-order valence-electron chi connectivity index (χ0n) is 23.1. The molecular formula is C28H24ClF3N6O5S. The third-order valence-corrected chi connectivity index (χ3v) is 6.97. The van der Waals surface area contributed by atoms with Gasteiger partial charge >= 0.3 is 18.2 Å². The van der Waals surface area contributed by atoms with E-state index in [-0.39, 0.29) is 18.2 Å². The molecule has 0 aliphatic carbocycles. The second-order valence-electron chi connectivity index (χ2n) is 9.26. The molecule has 1 saturated heterocycles. The van der Waals surface area contributed by atoms with Gasteiger partial charge < -0.3 is 24.8 Å². The van der Waals surface area contributed by atoms with Gasteiger partial charge in [-0.1, -0.05) is 29.5 Å². The van der Waals surface area contributed by atoms with Crippen molar-refractivity contribution in [2.45, 2.75) is 24.7 Å². The maximum Gasteiger partial charge on any atom is 0.490 e. The Labute approximate surface area is 258 Å². The fourth-order valence-electron chi connectivity index (χ4n) is 3.64. The molecule has 1 fully saturated rings. The highest BCUT2D eigenvalue weighted by atomic mass is 35.5. The number of fused-ring (bicyclic) bond motifs is 1. The first-order valence-electron chi connectivity index (χ1n) is 12.7. The molecule has 16 heteroatoms. The van der Waals surface area contributed by atoms with Crippen LogP contribution in [0.4, 0.5) is 29.5 Å². The van der Waals surface area contributed by atoms with Crippen LogP contribution in [-0.4, -0.2) is 76.0 Å². The minimum absolute atomic E-state index is 0.0529. The Balaban J connectivity index is 0.000000566. The second-order valence-corrected chi connectivity index (χ2v) is 10.7. The van der Waals surface area contributed by atoms with Gasteiger partial charge in [0.05, 0.1) is 21.3 Å². The third kappa shape index (κ3) is 8.93. The summed E-state index contributed by atoms with van der Waals surface area (Å²) in [6, 6.07) is 12.7. The number of ether oxygens (including phenoxy) is 2. The van der Waals surface area contributed by atoms with Crippen molar-refractivity contribution < 1.29 is 37.3 Å². The number of nitrogens with one attached hydrogen (secondary N) is 2. The van der Waals surface area contributed by atoms with Gasteiger partial charge in [-0.05, 0) is 30.3 Å². The van der Waals surface area contributed by atoms with Crippen molar-refractivity contribution in [3.8, 4) is 23.5 Å². The standard InChI is InChI=1S/C26H23ClN6O3S.C2HF3O2/c1-33(2)26(34)35-18-11-16(29-14-18)6-8-19-13-20-24(30-15-31-25(20)37-19)32-17-7-9-22(21(27)12-17)36-23-5-3-4-10-28-23;3-2(4,5)1(6)7/h3-5,7,9-10,12-13,15-16,18,29H,11,14H2,1-2H3,(H,30,31,32);(H,6,7)/t16-,18+;/m0./s1. The van der Waals surface area contributed by atoms with E-state index in [2.05, 4.69) is 37.4 Å². The summed E-state index contributed by atoms with van der Waals surface area (Å²) in [4.78, 5) is 36.7. The number of thiophene rings is 1. The number of alkyl halides is 3. The Morgan fingerprint density at radius 2 is 1.95 bits per heavy atom. The number of halogens is 4. The van der Waals surface area contributed by atoms with Gasteiger partial charge in [0, 0.05) is 45.0 Å². The molecule has 0 spiro atoms. The number of carboxylic acid groups (broad SMARTS) is 1. The Kier molecular flexibility index (Phi) is 10.4. The molecule has 1 amide bonds. The molecule has 1 aromatic carbocycles. The maximum atomic E-state index is 11.8. The van der Waals surface area contributed by atoms with Gasteiger partial charge in [0.2, 0.25) is 5.88 Å². The number of anilines is 2. The first-order chi connectivity index (χ1) is 20.9. The van der Waals surface area contributed by atoms with Gasteiger partial charge in [-0.3, -0.25) is 5.32 Å². The predicted molar refractivity (Wildman–Crippen MR) is 157 cm³/mol. The van der Waals surface area contributed by atoms with Crippen LogP contribution < -0.4 is 15.4 Å². The molecule has 0 unspecified atom stereocenters. The Hall–Kier alpha value is -4.65. The SMILES string of the molecule is CN(C)C(=O)O[C@H]1CN[C@@H](C#Cc2cc3c(Nc4ccc(Oc5ccccn5)c(Cl)c4)ncnc3s2)C1.O=C(O)C(F)(F)F. The first kappa shape index (κ1) is 32.3. The quantitative estimate of drug-likeness (QED) is 0.231. The lowest BCUT2D eigenvalue weighted by Crippen LogP contribution is -2.29. The summed E-state index contributed by atoms with van der Waals surface area (Å²) >= 11 is 7.94. The number of carboxylic acids is 1. The monoisotopic (exact) mass is 648 g/mol. The van der Waals surface area contributed by atoms with Crippen LogP contribution in [0.25, 0.3) is 10.2 Å². The highest BCUT2D eigenvalue weighted by molar-refractivity contribution is 7.19. The summed E-state index contributed by atoms with van der Waals surface area (Å²) in [5.41, 5.74) is 0.755. The second kappa shape index (κ2) is 14.2. The molecule has 3 aromatic heterocycles. The van der Waals surface area contributed by atoms with Crippen LogP contribution in [0.3, 0.4) is 0 Å². The molecule has 44 heavy (non-hydrogen) atoms. The number of hydrogen-bond donors (Lipinski definition) is 3. The average Bonchev–Trinajstić information content (AvgIpc) is 3.61. The fourth-order valence-corrected chi connectivity index (χ4v) is 4.72. The van der Waals surface area contributed by atoms with E-state index in [0.717, 1.165) is 20.8 Å². The lowest BCUT2D eigenvalue weighted by molar-refractivity contribution is -0.192. The van der Waals surface area contributed by atoms with Gasteiger partial charge in [0.15, 0.2) is 0 Å². The molecule has 230 valence electrons. The van der Waals surface area contributed by atoms with Crippen LogP contribution in [0.2, 0.25) is 5.02 Å². The van der Waals surface area contributed by atoms with Crippen LogP contribution in [0.15, 0.2) is 55.0 Å². The predicted octanol–water partition coefficient (Wildman–Crippen LogP) is 5.69. The zero-order valence-corrected chi connectivity index (χ0v) is 24.6. The largest absolute Gasteiger partial charge is 0.490 e. The Morgan fingerprint density at radius 3 is 2.61 bits per heavy atom. The molecule has 0 radical (unpaired) electrons. The number of aliphatic carboxylic acids is 1. The molecule has 0 bridgehead atoms. The number of benzene rings is 1. The molecule has 4 heterocycles. The minimum Gasteiger partial charge on any atom is -0.475 e. The van der Waals surface area contributed by atoms with E-state index in [9.17, 15) is 18.0 Å². The molecule has 1 aliphatic heterocycles. The van der Waals surface area contributed by atoms with Gasteiger partial charge in [0.25, 0.3) is 0 Å². The average molecular weight is 649 g/mol. The van der Waals surface area contributed by atoms with Gasteiger partial charge in [0.1, 0.15) is 28.8 Å². The summed E-state index contributed by atoms with van der Waals surface area (Å²) in [6.45, 7) is 0.582. The summed E-state index contributed by atoms with van der Waals surface area (Å²) in [6.07, 6.45) is -1.81. The highest BCUT2D eigenvalue weighted by Crippen LogP contribution is 2.34. The highest BCUT2D eigenvalue weighted by Gasteiger charge is 2.38. The summed E-state index contributed by atoms with van der Waals surface area (Å²) in [5, 5.41) is 15.0. The smallest absolute Gasteiger partial charge is 0.475 e. The van der Waals surface area contributed by atoms with Gasteiger partial charge in [-0.2, -0.15) is 13.2 Å². The van der Waals surface area contributed by atoms with Crippen LogP contribution in [0.1, 0.15) is 11.3 Å². The van der Waals surface area contributed by atoms with E-state index in [1.165, 1.54) is 22.6 Å². The van der Waals surface area contributed by atoms with Crippen molar-refractivity contribution in [2.24, 2.45) is 0 Å². The zero-order chi connectivity index (χ0) is 31.9. The number of pyridine rings is 1. The topological polar surface area (TPSA) is 139 Å². The van der Waals surface area contributed by atoms with Gasteiger partial charge in [-0.15, -0.1) is 11.3 Å². The van der Waals surface area contributed by atoms with Crippen LogP contribution >= 0.6 is 22.9 Å². The van der Waals surface area contributed by atoms with E-state index in [0.29, 0.717) is 35.4 Å². The van der Waals surface area contributed by atoms with Crippen molar-refractivity contribution in [3.05, 3.63) is 64.9 Å². The van der Waals surface area contributed by atoms with E-state index < -0.39 is 12.1 Å². The molecule has 1 aliphatic rings. The normalized spacial score (nSPS) is 15.8. The Morgan fingerprint density at radius 1 is 1.18 bits per heavy atom. The van der Waals surface area contributed by atoms with Crippen molar-refractivity contribution in [1.82, 2.24) is 25.2 Å². The summed E-state index contributed by atoms with van der Waals surface area (Å²) < 4.78 is 42.9. The number of carbonyl (C=O) groups is 2. The van der Waals surface area contributed by atoms with Crippen LogP contribution in [0, 0.1) is 11.8 Å². The number of aromatic nitrogens is 3. The van der Waals surface area contributed by atoms with Crippen molar-refractivity contribution in [3.63, 3.8) is 0 Å². The molecule has 0 saturated carbocycles. The number of hydrogen-bond acceptors (Lipinski definition) is 10. The Bertz CT molecular complexity index is 1690. The molecule has 3 N–H and O–H groups in total. The van der Waals surface area contributed by atoms with E-state index in [1.54, 1.807) is 38.5 Å². The van der Waals surface area contributed by atoms with E-state index in [1.807, 2.05) is 24.3 Å². The van der Waals surface area contributed by atoms with E-state index in [4.69, 9.17) is 31.0 Å².